The highest BCUT2D eigenvalue weighted by Gasteiger charge is 2.23. The number of rotatable bonds is 6. The fourth-order valence-corrected chi connectivity index (χ4v) is 2.63. The maximum absolute atomic E-state index is 11.3. The third kappa shape index (κ3) is 2.89. The van der Waals surface area contributed by atoms with Gasteiger partial charge in [-0.3, -0.25) is 4.57 Å². The van der Waals surface area contributed by atoms with Crippen LogP contribution in [-0.2, 0) is 6.54 Å². The predicted molar refractivity (Wildman–Crippen MR) is 64.8 cm³/mol. The molecule has 1 aromatic heterocycles. The molecule has 0 aliphatic carbocycles. The van der Waals surface area contributed by atoms with E-state index in [1.54, 1.807) is 4.57 Å². The summed E-state index contributed by atoms with van der Waals surface area (Å²) in [6.45, 7) is 6.41. The predicted octanol–water partition coefficient (Wildman–Crippen LogP) is 1.23. The number of hydrogen-bond acceptors (Lipinski definition) is 4. The largest absolute Gasteiger partial charge is 0.389 e. The molecule has 1 heterocycles. The van der Waals surface area contributed by atoms with Crippen LogP contribution in [0.15, 0.2) is 9.95 Å². The first-order chi connectivity index (χ1) is 7.56. The standard InChI is InChI=1S/C10H19N3O2S/c1-4-10(15,5-2)7-16-9-12-11-8(14)13(9)6-3/h15H,4-7H2,1-3H3,(H,11,14). The molecule has 0 amide bonds. The third-order valence-electron chi connectivity index (χ3n) is 2.83. The van der Waals surface area contributed by atoms with Crippen LogP contribution in [0.3, 0.4) is 0 Å². The smallest absolute Gasteiger partial charge is 0.343 e. The van der Waals surface area contributed by atoms with Crippen molar-refractivity contribution in [3.8, 4) is 0 Å². The summed E-state index contributed by atoms with van der Waals surface area (Å²) >= 11 is 1.42. The molecule has 0 saturated carbocycles. The van der Waals surface area contributed by atoms with E-state index in [2.05, 4.69) is 10.2 Å². The summed E-state index contributed by atoms with van der Waals surface area (Å²) in [5.74, 6) is 0.560. The van der Waals surface area contributed by atoms with E-state index in [4.69, 9.17) is 0 Å². The maximum Gasteiger partial charge on any atom is 0.343 e. The van der Waals surface area contributed by atoms with Crippen LogP contribution >= 0.6 is 11.8 Å². The number of aromatic nitrogens is 3. The molecule has 1 rings (SSSR count). The Morgan fingerprint density at radius 1 is 1.44 bits per heavy atom. The van der Waals surface area contributed by atoms with Crippen LogP contribution in [0.25, 0.3) is 0 Å². The van der Waals surface area contributed by atoms with Crippen LogP contribution in [0.1, 0.15) is 33.6 Å². The SMILES string of the molecule is CCn1c(SCC(O)(CC)CC)n[nH]c1=O. The molecule has 0 saturated heterocycles. The van der Waals surface area contributed by atoms with Gasteiger partial charge in [-0.15, -0.1) is 5.10 Å². The van der Waals surface area contributed by atoms with Crippen LogP contribution in [0.2, 0.25) is 0 Å². The monoisotopic (exact) mass is 245 g/mol. The normalized spacial score (nSPS) is 12.0. The van der Waals surface area contributed by atoms with E-state index in [9.17, 15) is 9.90 Å². The van der Waals surface area contributed by atoms with E-state index in [1.165, 1.54) is 11.8 Å². The first-order valence-electron chi connectivity index (χ1n) is 5.56. The summed E-state index contributed by atoms with van der Waals surface area (Å²) in [6, 6.07) is 0. The molecule has 0 aliphatic heterocycles. The summed E-state index contributed by atoms with van der Waals surface area (Å²) in [6.07, 6.45) is 1.41. The number of thioether (sulfide) groups is 1. The van der Waals surface area contributed by atoms with Crippen LogP contribution in [-0.4, -0.2) is 31.2 Å². The van der Waals surface area contributed by atoms with Crippen LogP contribution in [0.4, 0.5) is 0 Å². The van der Waals surface area contributed by atoms with Gasteiger partial charge in [0.25, 0.3) is 0 Å². The summed E-state index contributed by atoms with van der Waals surface area (Å²) in [5, 5.41) is 17.1. The fraction of sp³-hybridized carbons (Fsp3) is 0.800. The van der Waals surface area contributed by atoms with Crippen molar-refractivity contribution in [1.29, 1.82) is 0 Å². The Hall–Kier alpha value is -0.750. The average molecular weight is 245 g/mol. The molecule has 16 heavy (non-hydrogen) atoms. The van der Waals surface area contributed by atoms with Gasteiger partial charge in [0.15, 0.2) is 5.16 Å². The van der Waals surface area contributed by atoms with Gasteiger partial charge in [0.2, 0.25) is 0 Å². The maximum atomic E-state index is 11.3. The van der Waals surface area contributed by atoms with Gasteiger partial charge < -0.3 is 5.11 Å². The zero-order valence-corrected chi connectivity index (χ0v) is 10.8. The topological polar surface area (TPSA) is 70.9 Å². The number of aliphatic hydroxyl groups is 1. The summed E-state index contributed by atoms with van der Waals surface area (Å²) in [4.78, 5) is 11.3. The second kappa shape index (κ2) is 5.54. The highest BCUT2D eigenvalue weighted by atomic mass is 32.2. The average Bonchev–Trinajstić information content (AvgIpc) is 2.66. The second-order valence-corrected chi connectivity index (χ2v) is 4.72. The molecule has 2 N–H and O–H groups in total. The van der Waals surface area contributed by atoms with E-state index in [1.807, 2.05) is 20.8 Å². The summed E-state index contributed by atoms with van der Waals surface area (Å²) in [7, 11) is 0. The molecule has 0 bridgehead atoms. The van der Waals surface area contributed by atoms with Crippen LogP contribution in [0.5, 0.6) is 0 Å². The first-order valence-corrected chi connectivity index (χ1v) is 6.55. The molecule has 0 spiro atoms. The van der Waals surface area contributed by atoms with E-state index in [0.717, 1.165) is 0 Å². The minimum Gasteiger partial charge on any atom is -0.389 e. The minimum atomic E-state index is -0.668. The van der Waals surface area contributed by atoms with Gasteiger partial charge in [-0.1, -0.05) is 25.6 Å². The van der Waals surface area contributed by atoms with Crippen molar-refractivity contribution in [1.82, 2.24) is 14.8 Å². The van der Waals surface area contributed by atoms with E-state index < -0.39 is 5.60 Å². The van der Waals surface area contributed by atoms with Crippen molar-refractivity contribution in [3.63, 3.8) is 0 Å². The Morgan fingerprint density at radius 3 is 2.56 bits per heavy atom. The molecule has 0 radical (unpaired) electrons. The lowest BCUT2D eigenvalue weighted by atomic mass is 10.0. The highest BCUT2D eigenvalue weighted by molar-refractivity contribution is 7.99. The quantitative estimate of drug-likeness (QED) is 0.740. The van der Waals surface area contributed by atoms with Crippen molar-refractivity contribution in [2.75, 3.05) is 5.75 Å². The van der Waals surface area contributed by atoms with Crippen molar-refractivity contribution in [2.45, 2.75) is 50.9 Å². The third-order valence-corrected chi connectivity index (χ3v) is 4.08. The lowest BCUT2D eigenvalue weighted by Crippen LogP contribution is -2.30. The molecule has 6 heteroatoms. The molecule has 0 fully saturated rings. The van der Waals surface area contributed by atoms with Crippen LogP contribution in [0, 0.1) is 0 Å². The number of H-pyrrole nitrogens is 1. The van der Waals surface area contributed by atoms with Crippen molar-refractivity contribution in [2.24, 2.45) is 0 Å². The molecule has 1 aromatic rings. The van der Waals surface area contributed by atoms with Gasteiger partial charge in [-0.05, 0) is 19.8 Å². The Kier molecular flexibility index (Phi) is 4.61. The first kappa shape index (κ1) is 13.3. The van der Waals surface area contributed by atoms with E-state index >= 15 is 0 Å². The minimum absolute atomic E-state index is 0.193. The lowest BCUT2D eigenvalue weighted by Gasteiger charge is -2.24. The van der Waals surface area contributed by atoms with Gasteiger partial charge in [0, 0.05) is 12.3 Å². The summed E-state index contributed by atoms with van der Waals surface area (Å²) < 4.78 is 1.57. The number of aromatic amines is 1. The lowest BCUT2D eigenvalue weighted by molar-refractivity contribution is 0.0571. The molecule has 0 atom stereocenters. The van der Waals surface area contributed by atoms with Crippen molar-refractivity contribution in [3.05, 3.63) is 10.5 Å². The van der Waals surface area contributed by atoms with Gasteiger partial charge in [0.1, 0.15) is 0 Å². The fourth-order valence-electron chi connectivity index (χ4n) is 1.35. The Labute approximate surface area is 99.3 Å². The molecular weight excluding hydrogens is 226 g/mol. The van der Waals surface area contributed by atoms with Gasteiger partial charge in [-0.2, -0.15) is 0 Å². The molecule has 0 aliphatic rings. The number of hydrogen-bond donors (Lipinski definition) is 2. The number of nitrogens with zero attached hydrogens (tertiary/aromatic N) is 2. The molecule has 92 valence electrons. The molecular formula is C10H19N3O2S. The van der Waals surface area contributed by atoms with Crippen molar-refractivity contribution < 1.29 is 5.11 Å². The number of nitrogens with one attached hydrogen (secondary N) is 1. The van der Waals surface area contributed by atoms with Gasteiger partial charge >= 0.3 is 5.69 Å². The Bertz CT molecular complexity index is 382. The summed E-state index contributed by atoms with van der Waals surface area (Å²) in [5.41, 5.74) is -0.861. The van der Waals surface area contributed by atoms with E-state index in [-0.39, 0.29) is 5.69 Å². The zero-order chi connectivity index (χ0) is 12.2. The Morgan fingerprint density at radius 2 is 2.06 bits per heavy atom. The van der Waals surface area contributed by atoms with Crippen LogP contribution < -0.4 is 5.69 Å². The van der Waals surface area contributed by atoms with Gasteiger partial charge in [-0.25, -0.2) is 9.89 Å². The van der Waals surface area contributed by atoms with E-state index in [0.29, 0.717) is 30.3 Å². The highest BCUT2D eigenvalue weighted by Crippen LogP contribution is 2.24. The van der Waals surface area contributed by atoms with Crippen molar-refractivity contribution >= 4 is 11.8 Å². The van der Waals surface area contributed by atoms with Gasteiger partial charge in [0.05, 0.1) is 5.60 Å². The molecule has 0 unspecified atom stereocenters. The molecule has 5 nitrogen and oxygen atoms in total. The molecule has 0 aromatic carbocycles. The zero-order valence-electron chi connectivity index (χ0n) is 9.99. The Balaban J connectivity index is 2.71. The second-order valence-electron chi connectivity index (χ2n) is 3.78.